The molecule has 0 bridgehead atoms. The van der Waals surface area contributed by atoms with E-state index in [0.717, 1.165) is 17.7 Å². The van der Waals surface area contributed by atoms with Gasteiger partial charge in [0.2, 0.25) is 5.28 Å². The third-order valence-electron chi connectivity index (χ3n) is 2.21. The maximum absolute atomic E-state index is 5.86. The number of aromatic nitrogens is 2. The molecule has 1 aromatic rings. The molecule has 0 aliphatic rings. The van der Waals surface area contributed by atoms with Crippen LogP contribution in [0.25, 0.3) is 0 Å². The smallest absolute Gasteiger partial charge is 0.224 e. The first-order valence-corrected chi connectivity index (χ1v) is 5.61. The minimum Gasteiger partial charge on any atom is -0.383 e. The molecular formula is C11H18ClN3. The number of anilines is 1. The van der Waals surface area contributed by atoms with E-state index >= 15 is 0 Å². The molecule has 0 aliphatic carbocycles. The Morgan fingerprint density at radius 2 is 1.80 bits per heavy atom. The van der Waals surface area contributed by atoms with E-state index in [2.05, 4.69) is 37.7 Å². The molecule has 0 amide bonds. The number of hydrogen-bond acceptors (Lipinski definition) is 3. The zero-order valence-corrected chi connectivity index (χ0v) is 10.5. The Balaban J connectivity index is 3.20. The zero-order valence-electron chi connectivity index (χ0n) is 9.71. The van der Waals surface area contributed by atoms with Crippen LogP contribution in [-0.2, 0) is 6.42 Å². The maximum atomic E-state index is 5.86. The molecule has 2 N–H and O–H groups in total. The van der Waals surface area contributed by atoms with E-state index in [1.807, 2.05) is 0 Å². The molecule has 15 heavy (non-hydrogen) atoms. The van der Waals surface area contributed by atoms with Crippen molar-refractivity contribution in [3.05, 3.63) is 16.5 Å². The number of nitrogen functional groups attached to an aromatic ring is 1. The fourth-order valence-corrected chi connectivity index (χ4v) is 1.87. The lowest BCUT2D eigenvalue weighted by Crippen LogP contribution is -2.10. The minimum absolute atomic E-state index is 0.243. The monoisotopic (exact) mass is 227 g/mol. The normalized spacial score (nSPS) is 11.4. The number of rotatable bonds is 3. The molecule has 3 nitrogen and oxygen atoms in total. The molecule has 1 rings (SSSR count). The Labute approximate surface area is 96.1 Å². The molecule has 0 saturated heterocycles. The molecule has 0 unspecified atom stereocenters. The molecule has 1 heterocycles. The summed E-state index contributed by atoms with van der Waals surface area (Å²) in [5, 5.41) is 0.243. The van der Waals surface area contributed by atoms with Gasteiger partial charge in [0.15, 0.2) is 0 Å². The van der Waals surface area contributed by atoms with E-state index in [-0.39, 0.29) is 5.28 Å². The lowest BCUT2D eigenvalue weighted by molar-refractivity contribution is 0.623. The summed E-state index contributed by atoms with van der Waals surface area (Å²) < 4.78 is 0. The standard InChI is InChI=1S/C11H18ClN3/c1-6(2)5-8-9(7(3)4)10(13)15-11(12)14-8/h6-7H,5H2,1-4H3,(H2,13,14,15). The average Bonchev–Trinajstić information content (AvgIpc) is 1.99. The fraction of sp³-hybridized carbons (Fsp3) is 0.636. The molecule has 0 aliphatic heterocycles. The summed E-state index contributed by atoms with van der Waals surface area (Å²) in [7, 11) is 0. The largest absolute Gasteiger partial charge is 0.383 e. The van der Waals surface area contributed by atoms with Crippen molar-refractivity contribution in [2.24, 2.45) is 5.92 Å². The Hall–Kier alpha value is -0.830. The van der Waals surface area contributed by atoms with Crippen molar-refractivity contribution >= 4 is 17.4 Å². The highest BCUT2D eigenvalue weighted by Gasteiger charge is 2.15. The molecule has 0 spiro atoms. The van der Waals surface area contributed by atoms with Crippen molar-refractivity contribution < 1.29 is 0 Å². The van der Waals surface area contributed by atoms with E-state index in [1.165, 1.54) is 0 Å². The van der Waals surface area contributed by atoms with Gasteiger partial charge in [-0.15, -0.1) is 0 Å². The lowest BCUT2D eigenvalue weighted by Gasteiger charge is -2.15. The summed E-state index contributed by atoms with van der Waals surface area (Å²) in [6.45, 7) is 8.48. The molecular weight excluding hydrogens is 210 g/mol. The van der Waals surface area contributed by atoms with Crippen LogP contribution >= 0.6 is 11.6 Å². The van der Waals surface area contributed by atoms with E-state index in [0.29, 0.717) is 17.7 Å². The number of nitrogens with zero attached hydrogens (tertiary/aromatic N) is 2. The van der Waals surface area contributed by atoms with Crippen LogP contribution in [0.2, 0.25) is 5.28 Å². The number of nitrogens with two attached hydrogens (primary N) is 1. The van der Waals surface area contributed by atoms with Crippen LogP contribution in [0.3, 0.4) is 0 Å². The summed E-state index contributed by atoms with van der Waals surface area (Å²) in [6, 6.07) is 0. The van der Waals surface area contributed by atoms with E-state index < -0.39 is 0 Å². The number of hydrogen-bond donors (Lipinski definition) is 1. The highest BCUT2D eigenvalue weighted by Crippen LogP contribution is 2.26. The Morgan fingerprint density at radius 3 is 2.27 bits per heavy atom. The molecule has 4 heteroatoms. The second-order valence-electron chi connectivity index (χ2n) is 4.49. The van der Waals surface area contributed by atoms with Gasteiger partial charge in [0.25, 0.3) is 0 Å². The maximum Gasteiger partial charge on any atom is 0.224 e. The van der Waals surface area contributed by atoms with E-state index in [9.17, 15) is 0 Å². The van der Waals surface area contributed by atoms with Gasteiger partial charge in [-0.25, -0.2) is 9.97 Å². The molecule has 0 aromatic carbocycles. The van der Waals surface area contributed by atoms with Gasteiger partial charge < -0.3 is 5.73 Å². The third kappa shape index (κ3) is 3.06. The zero-order chi connectivity index (χ0) is 11.6. The van der Waals surface area contributed by atoms with Crippen LogP contribution in [0.5, 0.6) is 0 Å². The quantitative estimate of drug-likeness (QED) is 0.808. The van der Waals surface area contributed by atoms with Crippen LogP contribution in [-0.4, -0.2) is 9.97 Å². The predicted molar refractivity (Wildman–Crippen MR) is 64.1 cm³/mol. The summed E-state index contributed by atoms with van der Waals surface area (Å²) in [4.78, 5) is 8.26. The number of halogens is 1. The van der Waals surface area contributed by atoms with Gasteiger partial charge in [-0.3, -0.25) is 0 Å². The highest BCUT2D eigenvalue weighted by molar-refractivity contribution is 6.28. The lowest BCUT2D eigenvalue weighted by atomic mass is 9.96. The minimum atomic E-state index is 0.243. The van der Waals surface area contributed by atoms with Gasteiger partial charge in [0.1, 0.15) is 5.82 Å². The molecule has 0 radical (unpaired) electrons. The first-order chi connectivity index (χ1) is 6.91. The van der Waals surface area contributed by atoms with E-state index in [4.69, 9.17) is 17.3 Å². The molecule has 84 valence electrons. The Kier molecular flexibility index (Phi) is 3.91. The predicted octanol–water partition coefficient (Wildman–Crippen LogP) is 3.03. The molecule has 0 saturated carbocycles. The summed E-state index contributed by atoms with van der Waals surface area (Å²) in [5.74, 6) is 1.38. The van der Waals surface area contributed by atoms with Gasteiger partial charge in [-0.1, -0.05) is 27.7 Å². The second-order valence-corrected chi connectivity index (χ2v) is 4.83. The van der Waals surface area contributed by atoms with Gasteiger partial charge in [0.05, 0.1) is 5.69 Å². The molecule has 1 aromatic heterocycles. The average molecular weight is 228 g/mol. The van der Waals surface area contributed by atoms with Gasteiger partial charge in [-0.05, 0) is 29.9 Å². The fourth-order valence-electron chi connectivity index (χ4n) is 1.68. The topological polar surface area (TPSA) is 51.8 Å². The second kappa shape index (κ2) is 4.79. The first-order valence-electron chi connectivity index (χ1n) is 5.23. The van der Waals surface area contributed by atoms with Gasteiger partial charge >= 0.3 is 0 Å². The Morgan fingerprint density at radius 1 is 1.20 bits per heavy atom. The summed E-state index contributed by atoms with van der Waals surface area (Å²) in [5.41, 5.74) is 7.88. The van der Waals surface area contributed by atoms with Crippen LogP contribution in [0.15, 0.2) is 0 Å². The van der Waals surface area contributed by atoms with Crippen LogP contribution in [0.4, 0.5) is 5.82 Å². The highest BCUT2D eigenvalue weighted by atomic mass is 35.5. The van der Waals surface area contributed by atoms with E-state index in [1.54, 1.807) is 0 Å². The van der Waals surface area contributed by atoms with Crippen molar-refractivity contribution in [1.82, 2.24) is 9.97 Å². The van der Waals surface area contributed by atoms with Crippen molar-refractivity contribution in [1.29, 1.82) is 0 Å². The van der Waals surface area contributed by atoms with Crippen molar-refractivity contribution in [2.75, 3.05) is 5.73 Å². The summed E-state index contributed by atoms with van der Waals surface area (Å²) in [6.07, 6.45) is 0.889. The van der Waals surface area contributed by atoms with Crippen molar-refractivity contribution in [3.8, 4) is 0 Å². The van der Waals surface area contributed by atoms with Gasteiger partial charge in [0, 0.05) is 5.56 Å². The van der Waals surface area contributed by atoms with Crippen molar-refractivity contribution in [3.63, 3.8) is 0 Å². The van der Waals surface area contributed by atoms with Crippen LogP contribution < -0.4 is 5.73 Å². The van der Waals surface area contributed by atoms with Crippen LogP contribution in [0, 0.1) is 5.92 Å². The Bertz CT molecular complexity index is 348. The first kappa shape index (κ1) is 12.2. The SMILES string of the molecule is CC(C)Cc1nc(Cl)nc(N)c1C(C)C. The molecule has 0 fully saturated rings. The van der Waals surface area contributed by atoms with Crippen LogP contribution in [0.1, 0.15) is 44.9 Å². The van der Waals surface area contributed by atoms with Gasteiger partial charge in [-0.2, -0.15) is 0 Å². The third-order valence-corrected chi connectivity index (χ3v) is 2.37. The van der Waals surface area contributed by atoms with Crippen molar-refractivity contribution in [2.45, 2.75) is 40.0 Å². The summed E-state index contributed by atoms with van der Waals surface area (Å²) >= 11 is 5.81. The molecule has 0 atom stereocenters.